The third-order valence-electron chi connectivity index (χ3n) is 4.20. The van der Waals surface area contributed by atoms with E-state index in [9.17, 15) is 13.2 Å². The number of alkyl halides is 3. The Labute approximate surface area is 169 Å². The summed E-state index contributed by atoms with van der Waals surface area (Å²) in [6.07, 6.45) is -4.74. The number of rotatable bonds is 5. The molecule has 0 saturated carbocycles. The van der Waals surface area contributed by atoms with Crippen molar-refractivity contribution in [2.45, 2.75) is 26.8 Å². The topological polar surface area (TPSA) is 60.1 Å². The summed E-state index contributed by atoms with van der Waals surface area (Å²) in [4.78, 5) is 0. The first-order chi connectivity index (χ1) is 13.7. The lowest BCUT2D eigenvalue weighted by molar-refractivity contribution is -0.274. The molecule has 1 heterocycles. The highest BCUT2D eigenvalue weighted by Crippen LogP contribution is 2.26. The van der Waals surface area contributed by atoms with Crippen LogP contribution in [0.5, 0.6) is 11.5 Å². The summed E-state index contributed by atoms with van der Waals surface area (Å²) in [5, 5.41) is 13.8. The van der Waals surface area contributed by atoms with Crippen molar-refractivity contribution in [1.29, 1.82) is 5.26 Å². The maximum absolute atomic E-state index is 12.2. The van der Waals surface area contributed by atoms with Gasteiger partial charge in [0.15, 0.2) is 0 Å². The van der Waals surface area contributed by atoms with Gasteiger partial charge < -0.3 is 9.47 Å². The van der Waals surface area contributed by atoms with E-state index in [-0.39, 0.29) is 12.4 Å². The van der Waals surface area contributed by atoms with Crippen LogP contribution < -0.4 is 9.47 Å². The number of hydrogen-bond acceptors (Lipinski definition) is 4. The minimum Gasteiger partial charge on any atom is -0.489 e. The van der Waals surface area contributed by atoms with Gasteiger partial charge in [-0.15, -0.1) is 13.2 Å². The molecule has 150 valence electrons. The molecule has 0 fully saturated rings. The fraction of sp³-hybridized carbons (Fsp3) is 0.200. The molecule has 0 amide bonds. The smallest absolute Gasteiger partial charge is 0.489 e. The van der Waals surface area contributed by atoms with E-state index in [2.05, 4.69) is 9.84 Å². The first-order valence-corrected chi connectivity index (χ1v) is 8.79. The minimum atomic E-state index is -4.74. The van der Waals surface area contributed by atoms with E-state index >= 15 is 0 Å². The van der Waals surface area contributed by atoms with Crippen molar-refractivity contribution < 1.29 is 22.6 Å². The number of nitriles is 1. The fourth-order valence-corrected chi connectivity index (χ4v) is 2.97. The molecule has 0 radical (unpaired) electrons. The Bertz CT molecular complexity index is 1070. The quantitative estimate of drug-likeness (QED) is 0.546. The molecule has 0 saturated heterocycles. The second kappa shape index (κ2) is 8.05. The van der Waals surface area contributed by atoms with Crippen molar-refractivity contribution >= 4 is 11.6 Å². The lowest BCUT2D eigenvalue weighted by Gasteiger charge is -2.10. The van der Waals surface area contributed by atoms with E-state index in [0.717, 1.165) is 17.0 Å². The van der Waals surface area contributed by atoms with Gasteiger partial charge in [0.2, 0.25) is 0 Å². The van der Waals surface area contributed by atoms with Crippen LogP contribution in [-0.4, -0.2) is 16.1 Å². The lowest BCUT2D eigenvalue weighted by atomic mass is 10.2. The van der Waals surface area contributed by atoms with Crippen molar-refractivity contribution in [3.05, 3.63) is 70.0 Å². The number of nitrogens with zero attached hydrogens (tertiary/aromatic N) is 3. The Morgan fingerprint density at radius 1 is 1.10 bits per heavy atom. The zero-order valence-corrected chi connectivity index (χ0v) is 16.2. The van der Waals surface area contributed by atoms with Gasteiger partial charge >= 0.3 is 6.36 Å². The van der Waals surface area contributed by atoms with Crippen LogP contribution in [0.25, 0.3) is 5.69 Å². The van der Waals surface area contributed by atoms with Crippen LogP contribution in [-0.2, 0) is 6.61 Å². The monoisotopic (exact) mass is 421 g/mol. The molecule has 0 aliphatic rings. The molecule has 0 unspecified atom stereocenters. The number of aryl methyl sites for hydroxylation is 1. The van der Waals surface area contributed by atoms with E-state index in [1.165, 1.54) is 24.3 Å². The number of ether oxygens (including phenoxy) is 2. The zero-order valence-electron chi connectivity index (χ0n) is 15.4. The van der Waals surface area contributed by atoms with Crippen LogP contribution >= 0.6 is 11.6 Å². The van der Waals surface area contributed by atoms with Gasteiger partial charge in [-0.1, -0.05) is 11.6 Å². The van der Waals surface area contributed by atoms with Gasteiger partial charge in [-0.25, -0.2) is 4.68 Å². The molecule has 0 aliphatic carbocycles. The van der Waals surface area contributed by atoms with Crippen LogP contribution in [0.4, 0.5) is 13.2 Å². The third kappa shape index (κ3) is 4.81. The Kier molecular flexibility index (Phi) is 5.71. The minimum absolute atomic E-state index is 0.182. The average Bonchev–Trinajstić information content (AvgIpc) is 2.94. The average molecular weight is 422 g/mol. The van der Waals surface area contributed by atoms with Gasteiger partial charge in [0.25, 0.3) is 0 Å². The molecule has 3 aromatic rings. The Morgan fingerprint density at radius 3 is 2.34 bits per heavy atom. The van der Waals surface area contributed by atoms with Crippen LogP contribution in [0.2, 0.25) is 5.02 Å². The van der Waals surface area contributed by atoms with Crippen molar-refractivity contribution in [3.63, 3.8) is 0 Å². The molecule has 0 bridgehead atoms. The van der Waals surface area contributed by atoms with E-state index in [1.54, 1.807) is 22.9 Å². The fourth-order valence-electron chi connectivity index (χ4n) is 2.75. The predicted molar refractivity (Wildman–Crippen MR) is 100 cm³/mol. The number of benzene rings is 2. The summed E-state index contributed by atoms with van der Waals surface area (Å²) >= 11 is 6.10. The molecule has 0 spiro atoms. The van der Waals surface area contributed by atoms with Gasteiger partial charge in [0.1, 0.15) is 24.2 Å². The van der Waals surface area contributed by atoms with Crippen molar-refractivity contribution in [1.82, 2.24) is 9.78 Å². The first-order valence-electron chi connectivity index (χ1n) is 8.41. The Morgan fingerprint density at radius 2 is 1.76 bits per heavy atom. The summed E-state index contributed by atoms with van der Waals surface area (Å²) in [5.74, 6) is 0.0789. The predicted octanol–water partition coefficient (Wildman–Crippen LogP) is 5.49. The summed E-state index contributed by atoms with van der Waals surface area (Å²) in [5.41, 5.74) is 3.47. The standard InChI is InChI=1S/C20H15ClF3N3O2/c1-12-18(11-28-16-5-7-17(8-6-16)29-20(22,23)24)13(2)27(26-12)15-4-3-14(10-25)19(21)9-15/h3-9H,11H2,1-2H3. The second-order valence-electron chi connectivity index (χ2n) is 6.15. The maximum atomic E-state index is 12.2. The van der Waals surface area contributed by atoms with Gasteiger partial charge in [0.05, 0.1) is 22.0 Å². The normalized spacial score (nSPS) is 11.2. The molecule has 2 aromatic carbocycles. The molecule has 0 atom stereocenters. The number of hydrogen-bond donors (Lipinski definition) is 0. The molecular weight excluding hydrogens is 407 g/mol. The summed E-state index contributed by atoms with van der Waals surface area (Å²) in [7, 11) is 0. The SMILES string of the molecule is Cc1nn(-c2ccc(C#N)c(Cl)c2)c(C)c1COc1ccc(OC(F)(F)F)cc1. The van der Waals surface area contributed by atoms with Gasteiger partial charge in [-0.3, -0.25) is 0 Å². The highest BCUT2D eigenvalue weighted by Gasteiger charge is 2.31. The lowest BCUT2D eigenvalue weighted by Crippen LogP contribution is -2.16. The Hall–Kier alpha value is -3.18. The largest absolute Gasteiger partial charge is 0.573 e. The second-order valence-corrected chi connectivity index (χ2v) is 6.55. The molecule has 0 aliphatic heterocycles. The zero-order chi connectivity index (χ0) is 21.2. The maximum Gasteiger partial charge on any atom is 0.573 e. The van der Waals surface area contributed by atoms with E-state index < -0.39 is 6.36 Å². The summed E-state index contributed by atoms with van der Waals surface area (Å²) < 4.78 is 47.9. The molecule has 9 heteroatoms. The van der Waals surface area contributed by atoms with E-state index in [0.29, 0.717) is 22.0 Å². The summed E-state index contributed by atoms with van der Waals surface area (Å²) in [6, 6.07) is 12.2. The number of aromatic nitrogens is 2. The molecule has 1 aromatic heterocycles. The molecule has 5 nitrogen and oxygen atoms in total. The first kappa shape index (κ1) is 20.6. The van der Waals surface area contributed by atoms with Crippen LogP contribution in [0.3, 0.4) is 0 Å². The molecule has 0 N–H and O–H groups in total. The van der Waals surface area contributed by atoms with Crippen LogP contribution in [0, 0.1) is 25.2 Å². The van der Waals surface area contributed by atoms with Crippen LogP contribution in [0.15, 0.2) is 42.5 Å². The number of halogens is 4. The van der Waals surface area contributed by atoms with Crippen molar-refractivity contribution in [2.75, 3.05) is 0 Å². The van der Waals surface area contributed by atoms with Gasteiger partial charge in [-0.2, -0.15) is 10.4 Å². The van der Waals surface area contributed by atoms with Gasteiger partial charge in [0, 0.05) is 11.3 Å². The van der Waals surface area contributed by atoms with Crippen molar-refractivity contribution in [2.24, 2.45) is 0 Å². The van der Waals surface area contributed by atoms with E-state index in [1.807, 2.05) is 19.9 Å². The Balaban J connectivity index is 1.76. The van der Waals surface area contributed by atoms with Crippen LogP contribution in [0.1, 0.15) is 22.5 Å². The highest BCUT2D eigenvalue weighted by atomic mass is 35.5. The summed E-state index contributed by atoms with van der Waals surface area (Å²) in [6.45, 7) is 3.87. The van der Waals surface area contributed by atoms with E-state index in [4.69, 9.17) is 21.6 Å². The highest BCUT2D eigenvalue weighted by molar-refractivity contribution is 6.31. The third-order valence-corrected chi connectivity index (χ3v) is 4.51. The molecular formula is C20H15ClF3N3O2. The molecule has 29 heavy (non-hydrogen) atoms. The van der Waals surface area contributed by atoms with Crippen molar-refractivity contribution in [3.8, 4) is 23.3 Å². The molecule has 3 rings (SSSR count). The van der Waals surface area contributed by atoms with Gasteiger partial charge in [-0.05, 0) is 56.3 Å².